The maximum absolute atomic E-state index is 6.66. The van der Waals surface area contributed by atoms with E-state index < -0.39 is 25.2 Å². The first-order chi connectivity index (χ1) is 11.2. The normalized spacial score (nSPS) is 13.9. The minimum absolute atomic E-state index is 0.567. The van der Waals surface area contributed by atoms with Crippen LogP contribution in [-0.2, 0) is 8.23 Å². The number of hydrogen-bond donors (Lipinski definition) is 2. The minimum atomic E-state index is -2.06. The van der Waals surface area contributed by atoms with Gasteiger partial charge in [0, 0.05) is 12.1 Å². The summed E-state index contributed by atoms with van der Waals surface area (Å²) in [7, 11) is -5.37. The molecular formula is C18H46N2O2Si3. The van der Waals surface area contributed by atoms with E-state index in [4.69, 9.17) is 8.23 Å². The molecule has 0 unspecified atom stereocenters. The molecule has 7 heteroatoms. The topological polar surface area (TPSA) is 42.5 Å². The average molecular weight is 407 g/mol. The summed E-state index contributed by atoms with van der Waals surface area (Å²) in [5.74, 6) is 0. The molecule has 0 aliphatic heterocycles. The highest BCUT2D eigenvalue weighted by Crippen LogP contribution is 2.25. The highest BCUT2D eigenvalue weighted by Gasteiger charge is 2.39. The number of rotatable bonds is 14. The van der Waals surface area contributed by atoms with Crippen LogP contribution in [0.4, 0.5) is 0 Å². The van der Waals surface area contributed by atoms with Gasteiger partial charge < -0.3 is 18.9 Å². The van der Waals surface area contributed by atoms with Gasteiger partial charge in [-0.25, -0.2) is 0 Å². The van der Waals surface area contributed by atoms with Crippen LogP contribution in [0.2, 0.25) is 51.4 Å². The van der Waals surface area contributed by atoms with E-state index in [0.29, 0.717) is 12.1 Å². The Balaban J connectivity index is 4.33. The maximum atomic E-state index is 6.66. The van der Waals surface area contributed by atoms with Crippen molar-refractivity contribution in [1.82, 2.24) is 10.6 Å². The SMILES string of the molecule is CC(C)NCCC[Si](C)(C)O[Si](C)(C)O[Si](C)(C)CCCNC(C)C. The smallest absolute Gasteiger partial charge is 0.311 e. The second-order valence-electron chi connectivity index (χ2n) is 9.55. The van der Waals surface area contributed by atoms with Crippen molar-refractivity contribution < 1.29 is 8.23 Å². The molecule has 0 amide bonds. The van der Waals surface area contributed by atoms with Crippen molar-refractivity contribution in [2.45, 2.75) is 104 Å². The lowest BCUT2D eigenvalue weighted by atomic mass is 10.4. The molecule has 0 fully saturated rings. The summed E-state index contributed by atoms with van der Waals surface area (Å²) >= 11 is 0. The fraction of sp³-hybridized carbons (Fsp3) is 1.00. The van der Waals surface area contributed by atoms with Crippen LogP contribution in [0, 0.1) is 0 Å². The molecule has 152 valence electrons. The Kier molecular flexibility index (Phi) is 11.6. The van der Waals surface area contributed by atoms with Gasteiger partial charge in [-0.2, -0.15) is 0 Å². The molecule has 4 nitrogen and oxygen atoms in total. The van der Waals surface area contributed by atoms with E-state index in [1.807, 2.05) is 0 Å². The van der Waals surface area contributed by atoms with Gasteiger partial charge >= 0.3 is 8.56 Å². The first kappa shape index (κ1) is 25.5. The van der Waals surface area contributed by atoms with E-state index in [1.54, 1.807) is 0 Å². The third-order valence-electron chi connectivity index (χ3n) is 4.06. The summed E-state index contributed by atoms with van der Waals surface area (Å²) in [5, 5.41) is 7.01. The molecule has 0 rings (SSSR count). The highest BCUT2D eigenvalue weighted by molar-refractivity contribution is 6.87. The lowest BCUT2D eigenvalue weighted by Gasteiger charge is -2.39. The van der Waals surface area contributed by atoms with Gasteiger partial charge in [-0.15, -0.1) is 0 Å². The molecule has 0 aromatic heterocycles. The van der Waals surface area contributed by atoms with Gasteiger partial charge in [0.1, 0.15) is 0 Å². The molecule has 0 radical (unpaired) electrons. The predicted octanol–water partition coefficient (Wildman–Crippen LogP) is 4.91. The Bertz CT molecular complexity index is 330. The van der Waals surface area contributed by atoms with Crippen molar-refractivity contribution in [3.63, 3.8) is 0 Å². The van der Waals surface area contributed by atoms with Crippen molar-refractivity contribution >= 4 is 25.2 Å². The van der Waals surface area contributed by atoms with Gasteiger partial charge in [0.2, 0.25) is 0 Å². The Labute approximate surface area is 161 Å². The molecule has 0 aromatic carbocycles. The Morgan fingerprint density at radius 2 is 0.960 bits per heavy atom. The lowest BCUT2D eigenvalue weighted by molar-refractivity contribution is 0.385. The number of hydrogen-bond acceptors (Lipinski definition) is 4. The molecule has 0 saturated heterocycles. The van der Waals surface area contributed by atoms with Crippen molar-refractivity contribution in [1.29, 1.82) is 0 Å². The van der Waals surface area contributed by atoms with Gasteiger partial charge in [-0.05, 0) is 77.3 Å². The second-order valence-corrected chi connectivity index (χ2v) is 22.0. The summed E-state index contributed by atoms with van der Waals surface area (Å²) in [6.45, 7) is 24.9. The lowest BCUT2D eigenvalue weighted by Crippen LogP contribution is -2.52. The molecule has 0 spiro atoms. The second kappa shape index (κ2) is 11.4. The first-order valence-corrected chi connectivity index (χ1v) is 19.2. The van der Waals surface area contributed by atoms with Gasteiger partial charge in [0.05, 0.1) is 0 Å². The molecule has 2 N–H and O–H groups in total. The Morgan fingerprint density at radius 3 is 1.24 bits per heavy atom. The van der Waals surface area contributed by atoms with E-state index in [0.717, 1.165) is 13.1 Å². The minimum Gasteiger partial charge on any atom is -0.437 e. The zero-order valence-corrected chi connectivity index (χ0v) is 21.7. The third kappa shape index (κ3) is 15.3. The van der Waals surface area contributed by atoms with Crippen molar-refractivity contribution in [2.75, 3.05) is 13.1 Å². The fourth-order valence-electron chi connectivity index (χ4n) is 3.26. The van der Waals surface area contributed by atoms with Crippen LogP contribution in [0.5, 0.6) is 0 Å². The van der Waals surface area contributed by atoms with Crippen LogP contribution in [-0.4, -0.2) is 50.4 Å². The van der Waals surface area contributed by atoms with E-state index in [1.165, 1.54) is 24.9 Å². The highest BCUT2D eigenvalue weighted by atomic mass is 28.5. The maximum Gasteiger partial charge on any atom is 0.311 e. The standard InChI is InChI=1S/C18H46N2O2Si3/c1-17(2)19-13-11-15-23(5,6)21-25(9,10)22-24(7,8)16-12-14-20-18(3)4/h17-20H,11-16H2,1-10H3. The summed E-state index contributed by atoms with van der Waals surface area (Å²) in [6.07, 6.45) is 2.40. The van der Waals surface area contributed by atoms with Gasteiger partial charge in [0.15, 0.2) is 16.6 Å². The molecule has 0 saturated carbocycles. The molecular weight excluding hydrogens is 360 g/mol. The van der Waals surface area contributed by atoms with Crippen LogP contribution < -0.4 is 10.6 Å². The van der Waals surface area contributed by atoms with Crippen LogP contribution in [0.3, 0.4) is 0 Å². The molecule has 0 aliphatic rings. The quantitative estimate of drug-likeness (QED) is 0.318. The largest absolute Gasteiger partial charge is 0.437 e. The molecule has 0 atom stereocenters. The molecule has 25 heavy (non-hydrogen) atoms. The molecule has 0 aromatic rings. The van der Waals surface area contributed by atoms with Gasteiger partial charge in [-0.3, -0.25) is 0 Å². The van der Waals surface area contributed by atoms with Crippen LogP contribution in [0.25, 0.3) is 0 Å². The zero-order valence-electron chi connectivity index (χ0n) is 18.7. The first-order valence-electron chi connectivity index (χ1n) is 10.1. The van der Waals surface area contributed by atoms with Gasteiger partial charge in [-0.1, -0.05) is 27.7 Å². The van der Waals surface area contributed by atoms with Crippen molar-refractivity contribution in [3.05, 3.63) is 0 Å². The van der Waals surface area contributed by atoms with Gasteiger partial charge in [0.25, 0.3) is 0 Å². The van der Waals surface area contributed by atoms with Crippen LogP contribution >= 0.6 is 0 Å². The average Bonchev–Trinajstić information content (AvgIpc) is 2.36. The van der Waals surface area contributed by atoms with Crippen molar-refractivity contribution in [3.8, 4) is 0 Å². The Morgan fingerprint density at radius 1 is 0.640 bits per heavy atom. The van der Waals surface area contributed by atoms with E-state index >= 15 is 0 Å². The van der Waals surface area contributed by atoms with E-state index in [9.17, 15) is 0 Å². The third-order valence-corrected chi connectivity index (χ3v) is 15.5. The predicted molar refractivity (Wildman–Crippen MR) is 120 cm³/mol. The molecule has 0 bridgehead atoms. The summed E-state index contributed by atoms with van der Waals surface area (Å²) in [6, 6.07) is 3.54. The fourth-order valence-corrected chi connectivity index (χ4v) is 17.3. The monoisotopic (exact) mass is 406 g/mol. The van der Waals surface area contributed by atoms with E-state index in [-0.39, 0.29) is 0 Å². The Hall–Kier alpha value is 0.491. The summed E-state index contributed by atoms with van der Waals surface area (Å²) in [5.41, 5.74) is 0. The van der Waals surface area contributed by atoms with Crippen LogP contribution in [0.1, 0.15) is 40.5 Å². The summed E-state index contributed by atoms with van der Waals surface area (Å²) in [4.78, 5) is 0. The van der Waals surface area contributed by atoms with Crippen molar-refractivity contribution in [2.24, 2.45) is 0 Å². The summed E-state index contributed by atoms with van der Waals surface area (Å²) < 4.78 is 13.3. The van der Waals surface area contributed by atoms with Crippen LogP contribution in [0.15, 0.2) is 0 Å². The molecule has 0 aliphatic carbocycles. The number of nitrogens with one attached hydrogen (secondary N) is 2. The van der Waals surface area contributed by atoms with E-state index in [2.05, 4.69) is 77.6 Å². The zero-order chi connectivity index (χ0) is 19.7. The molecule has 0 heterocycles.